The van der Waals surface area contributed by atoms with Gasteiger partial charge in [-0.15, -0.1) is 0 Å². The number of carbonyl (C=O) groups is 1. The highest BCUT2D eigenvalue weighted by molar-refractivity contribution is 5.77. The molecule has 0 radical (unpaired) electrons. The highest BCUT2D eigenvalue weighted by Gasteiger charge is 2.22. The number of ether oxygens (including phenoxy) is 2. The van der Waals surface area contributed by atoms with Gasteiger partial charge in [-0.1, -0.05) is 18.2 Å². The van der Waals surface area contributed by atoms with E-state index < -0.39 is 0 Å². The summed E-state index contributed by atoms with van der Waals surface area (Å²) in [5.41, 5.74) is 1.15. The first-order chi connectivity index (χ1) is 10.3. The van der Waals surface area contributed by atoms with Crippen LogP contribution < -0.4 is 15.4 Å². The van der Waals surface area contributed by atoms with Crippen LogP contribution in [0.2, 0.25) is 0 Å². The van der Waals surface area contributed by atoms with Gasteiger partial charge in [0.05, 0.1) is 12.1 Å². The van der Waals surface area contributed by atoms with Crippen LogP contribution in [-0.4, -0.2) is 44.4 Å². The average molecular weight is 290 g/mol. The third-order valence-corrected chi connectivity index (χ3v) is 3.98. The Labute approximate surface area is 125 Å². The number of rotatable bonds is 4. The number of fused-ring (bicyclic) bond motifs is 1. The Bertz CT molecular complexity index is 486. The minimum atomic E-state index is -0.0542. The first-order valence-corrected chi connectivity index (χ1v) is 7.63. The van der Waals surface area contributed by atoms with Crippen LogP contribution in [0.1, 0.15) is 18.4 Å². The molecule has 2 N–H and O–H groups in total. The third-order valence-electron chi connectivity index (χ3n) is 3.98. The fourth-order valence-corrected chi connectivity index (χ4v) is 2.85. The normalized spacial score (nSPS) is 22.2. The van der Waals surface area contributed by atoms with E-state index in [-0.39, 0.29) is 24.7 Å². The molecular formula is C16H22N2O3. The molecule has 1 aromatic carbocycles. The predicted molar refractivity (Wildman–Crippen MR) is 79.4 cm³/mol. The van der Waals surface area contributed by atoms with Crippen molar-refractivity contribution in [3.8, 4) is 5.75 Å². The summed E-state index contributed by atoms with van der Waals surface area (Å²) in [4.78, 5) is 12.0. The van der Waals surface area contributed by atoms with Gasteiger partial charge in [0.2, 0.25) is 5.91 Å². The molecule has 0 bridgehead atoms. The highest BCUT2D eigenvalue weighted by Crippen LogP contribution is 2.23. The van der Waals surface area contributed by atoms with E-state index in [9.17, 15) is 4.79 Å². The van der Waals surface area contributed by atoms with Crippen molar-refractivity contribution in [2.45, 2.75) is 31.4 Å². The van der Waals surface area contributed by atoms with Gasteiger partial charge in [0.25, 0.3) is 0 Å². The van der Waals surface area contributed by atoms with Crippen molar-refractivity contribution in [1.29, 1.82) is 0 Å². The van der Waals surface area contributed by atoms with Crippen molar-refractivity contribution in [3.05, 3.63) is 29.8 Å². The molecule has 2 aliphatic heterocycles. The second-order valence-electron chi connectivity index (χ2n) is 5.65. The zero-order chi connectivity index (χ0) is 14.5. The standard InChI is InChI=1S/C16H22N2O3/c19-16(11-20-14-5-7-17-8-6-14)18-13-9-12-3-1-2-4-15(12)21-10-13/h1-4,13-14,17H,5-11H2,(H,18,19). The Morgan fingerprint density at radius 1 is 1.33 bits per heavy atom. The van der Waals surface area contributed by atoms with E-state index >= 15 is 0 Å². The van der Waals surface area contributed by atoms with Crippen molar-refractivity contribution in [3.63, 3.8) is 0 Å². The van der Waals surface area contributed by atoms with E-state index in [1.807, 2.05) is 24.3 Å². The Balaban J connectivity index is 1.43. The summed E-state index contributed by atoms with van der Waals surface area (Å²) in [6.07, 6.45) is 2.98. The van der Waals surface area contributed by atoms with Gasteiger partial charge in [0.1, 0.15) is 19.0 Å². The second-order valence-corrected chi connectivity index (χ2v) is 5.65. The number of hydrogen-bond donors (Lipinski definition) is 2. The molecule has 0 aliphatic carbocycles. The molecule has 0 aromatic heterocycles. The molecule has 1 atom stereocenters. The molecule has 3 rings (SSSR count). The predicted octanol–water partition coefficient (Wildman–Crippen LogP) is 0.875. The quantitative estimate of drug-likeness (QED) is 0.864. The van der Waals surface area contributed by atoms with Crippen molar-refractivity contribution in [2.75, 3.05) is 26.3 Å². The number of carbonyl (C=O) groups excluding carboxylic acids is 1. The molecule has 0 spiro atoms. The topological polar surface area (TPSA) is 59.6 Å². The first-order valence-electron chi connectivity index (χ1n) is 7.63. The zero-order valence-corrected chi connectivity index (χ0v) is 12.1. The lowest BCUT2D eigenvalue weighted by molar-refractivity contribution is -0.129. The zero-order valence-electron chi connectivity index (χ0n) is 12.1. The average Bonchev–Trinajstić information content (AvgIpc) is 2.54. The fraction of sp³-hybridized carbons (Fsp3) is 0.562. The van der Waals surface area contributed by atoms with E-state index in [2.05, 4.69) is 10.6 Å². The van der Waals surface area contributed by atoms with E-state index in [1.54, 1.807) is 0 Å². The molecule has 1 aromatic rings. The van der Waals surface area contributed by atoms with Gasteiger partial charge in [0.15, 0.2) is 0 Å². The lowest BCUT2D eigenvalue weighted by Crippen LogP contribution is -2.45. The van der Waals surface area contributed by atoms with E-state index in [0.29, 0.717) is 6.61 Å². The Morgan fingerprint density at radius 2 is 2.14 bits per heavy atom. The van der Waals surface area contributed by atoms with Crippen LogP contribution in [0.25, 0.3) is 0 Å². The molecule has 2 heterocycles. The molecule has 1 unspecified atom stereocenters. The summed E-state index contributed by atoms with van der Waals surface area (Å²) in [5.74, 6) is 0.871. The Kier molecular flexibility index (Phi) is 4.72. The van der Waals surface area contributed by atoms with Crippen LogP contribution in [0.3, 0.4) is 0 Å². The largest absolute Gasteiger partial charge is 0.491 e. The monoisotopic (exact) mass is 290 g/mol. The SMILES string of the molecule is O=C(COC1CCNCC1)NC1COc2ccccc2C1. The van der Waals surface area contributed by atoms with Crippen LogP contribution in [0.4, 0.5) is 0 Å². The van der Waals surface area contributed by atoms with Crippen LogP contribution >= 0.6 is 0 Å². The lowest BCUT2D eigenvalue weighted by Gasteiger charge is -2.27. The molecule has 114 valence electrons. The number of benzene rings is 1. The highest BCUT2D eigenvalue weighted by atomic mass is 16.5. The maximum atomic E-state index is 12.0. The molecule has 5 nitrogen and oxygen atoms in total. The number of para-hydroxylation sites is 1. The van der Waals surface area contributed by atoms with Crippen LogP contribution in [0.5, 0.6) is 5.75 Å². The molecule has 1 amide bonds. The van der Waals surface area contributed by atoms with Crippen LogP contribution in [0, 0.1) is 0 Å². The fourth-order valence-electron chi connectivity index (χ4n) is 2.85. The number of piperidine rings is 1. The molecule has 5 heteroatoms. The minimum absolute atomic E-state index is 0.0315. The van der Waals surface area contributed by atoms with Gasteiger partial charge >= 0.3 is 0 Å². The molecule has 1 saturated heterocycles. The summed E-state index contributed by atoms with van der Waals surface area (Å²) >= 11 is 0. The second kappa shape index (κ2) is 6.91. The summed E-state index contributed by atoms with van der Waals surface area (Å²) in [6, 6.07) is 7.99. The minimum Gasteiger partial charge on any atom is -0.491 e. The van der Waals surface area contributed by atoms with Crippen molar-refractivity contribution in [1.82, 2.24) is 10.6 Å². The van der Waals surface area contributed by atoms with Crippen molar-refractivity contribution >= 4 is 5.91 Å². The Hall–Kier alpha value is -1.59. The molecule has 21 heavy (non-hydrogen) atoms. The Morgan fingerprint density at radius 3 is 3.00 bits per heavy atom. The number of amides is 1. The summed E-state index contributed by atoms with van der Waals surface area (Å²) in [5, 5.41) is 6.28. The molecule has 2 aliphatic rings. The maximum Gasteiger partial charge on any atom is 0.246 e. The van der Waals surface area contributed by atoms with Gasteiger partial charge in [-0.25, -0.2) is 0 Å². The van der Waals surface area contributed by atoms with Gasteiger partial charge in [0, 0.05) is 0 Å². The van der Waals surface area contributed by atoms with Crippen LogP contribution in [-0.2, 0) is 16.0 Å². The molecule has 0 saturated carbocycles. The smallest absolute Gasteiger partial charge is 0.246 e. The van der Waals surface area contributed by atoms with Gasteiger partial charge in [-0.05, 0) is 44.0 Å². The van der Waals surface area contributed by atoms with Gasteiger partial charge in [-0.3, -0.25) is 4.79 Å². The maximum absolute atomic E-state index is 12.0. The third kappa shape index (κ3) is 3.95. The number of hydrogen-bond acceptors (Lipinski definition) is 4. The first kappa shape index (κ1) is 14.4. The van der Waals surface area contributed by atoms with E-state index in [4.69, 9.17) is 9.47 Å². The lowest BCUT2D eigenvalue weighted by atomic mass is 10.0. The summed E-state index contributed by atoms with van der Waals surface area (Å²) in [7, 11) is 0. The van der Waals surface area contributed by atoms with Crippen molar-refractivity contribution in [2.24, 2.45) is 0 Å². The van der Waals surface area contributed by atoms with Crippen molar-refractivity contribution < 1.29 is 14.3 Å². The van der Waals surface area contributed by atoms with E-state index in [1.165, 1.54) is 0 Å². The summed E-state index contributed by atoms with van der Waals surface area (Å²) < 4.78 is 11.3. The number of nitrogens with one attached hydrogen (secondary N) is 2. The van der Waals surface area contributed by atoms with Crippen LogP contribution in [0.15, 0.2) is 24.3 Å². The van der Waals surface area contributed by atoms with Gasteiger partial charge < -0.3 is 20.1 Å². The summed E-state index contributed by atoms with van der Waals surface area (Å²) in [6.45, 7) is 2.61. The molecular weight excluding hydrogens is 268 g/mol. The molecule has 1 fully saturated rings. The van der Waals surface area contributed by atoms with E-state index in [0.717, 1.165) is 43.7 Å². The van der Waals surface area contributed by atoms with Gasteiger partial charge in [-0.2, -0.15) is 0 Å².